The molecule has 1 saturated heterocycles. The van der Waals surface area contributed by atoms with Crippen molar-refractivity contribution in [1.82, 2.24) is 19.5 Å². The molecule has 1 aliphatic heterocycles. The Balaban J connectivity index is 2.08. The van der Waals surface area contributed by atoms with Crippen LogP contribution in [0.25, 0.3) is 11.4 Å². The van der Waals surface area contributed by atoms with Crippen molar-refractivity contribution in [2.45, 2.75) is 19.9 Å². The molecule has 0 radical (unpaired) electrons. The smallest absolute Gasteiger partial charge is 0.255 e. The molecule has 0 spiro atoms. The van der Waals surface area contributed by atoms with E-state index in [1.807, 2.05) is 0 Å². The average Bonchev–Trinajstić information content (AvgIpc) is 2.58. The summed E-state index contributed by atoms with van der Waals surface area (Å²) in [5.74, 6) is 1.06. The molecule has 2 aromatic rings. The average molecular weight is 315 g/mol. The largest absolute Gasteiger partial charge is 0.377 e. The molecule has 0 aromatic carbocycles. The summed E-state index contributed by atoms with van der Waals surface area (Å²) in [5, 5.41) is 0. The third-order valence-corrected chi connectivity index (χ3v) is 4.15. The minimum absolute atomic E-state index is 0.0994. The van der Waals surface area contributed by atoms with E-state index in [0.29, 0.717) is 36.5 Å². The van der Waals surface area contributed by atoms with Gasteiger partial charge in [-0.05, 0) is 12.0 Å². The second-order valence-electron chi connectivity index (χ2n) is 6.01. The zero-order chi connectivity index (χ0) is 16.4. The summed E-state index contributed by atoms with van der Waals surface area (Å²) in [6, 6.07) is 3.46. The molecule has 0 saturated carbocycles. The maximum atomic E-state index is 12.4. The third kappa shape index (κ3) is 3.10. The van der Waals surface area contributed by atoms with Gasteiger partial charge in [-0.25, -0.2) is 15.0 Å². The third-order valence-electron chi connectivity index (χ3n) is 4.15. The monoisotopic (exact) mass is 315 g/mol. The molecule has 0 amide bonds. The lowest BCUT2D eigenvalue weighted by atomic mass is 10.0. The lowest BCUT2D eigenvalue weighted by Crippen LogP contribution is -2.50. The van der Waals surface area contributed by atoms with Crippen LogP contribution in [0.1, 0.15) is 13.8 Å². The fraction of sp³-hybridized carbons (Fsp3) is 0.500. The van der Waals surface area contributed by atoms with Gasteiger partial charge < -0.3 is 9.64 Å². The van der Waals surface area contributed by atoms with E-state index in [1.165, 1.54) is 12.4 Å². The van der Waals surface area contributed by atoms with E-state index in [0.717, 1.165) is 6.54 Å². The number of hydrogen-bond donors (Lipinski definition) is 0. The Morgan fingerprint density at radius 2 is 2.17 bits per heavy atom. The van der Waals surface area contributed by atoms with Gasteiger partial charge in [0.15, 0.2) is 0 Å². The van der Waals surface area contributed by atoms with Gasteiger partial charge in [-0.2, -0.15) is 0 Å². The van der Waals surface area contributed by atoms with E-state index < -0.39 is 0 Å². The van der Waals surface area contributed by atoms with Crippen molar-refractivity contribution in [1.29, 1.82) is 0 Å². The van der Waals surface area contributed by atoms with Gasteiger partial charge in [-0.15, -0.1) is 0 Å². The highest BCUT2D eigenvalue weighted by atomic mass is 16.5. The molecule has 0 bridgehead atoms. The summed E-state index contributed by atoms with van der Waals surface area (Å²) in [6.07, 6.45) is 3.10. The van der Waals surface area contributed by atoms with Crippen LogP contribution in [0.3, 0.4) is 0 Å². The first-order valence-corrected chi connectivity index (χ1v) is 7.76. The van der Waals surface area contributed by atoms with Crippen molar-refractivity contribution < 1.29 is 4.74 Å². The highest BCUT2D eigenvalue weighted by molar-refractivity contribution is 5.55. The summed E-state index contributed by atoms with van der Waals surface area (Å²) in [6.45, 7) is 6.30. The van der Waals surface area contributed by atoms with E-state index in [9.17, 15) is 4.79 Å². The van der Waals surface area contributed by atoms with Crippen LogP contribution in [-0.4, -0.2) is 45.3 Å². The van der Waals surface area contributed by atoms with Gasteiger partial charge in [0.05, 0.1) is 30.6 Å². The molecule has 3 rings (SSSR count). The van der Waals surface area contributed by atoms with Crippen LogP contribution in [0.2, 0.25) is 0 Å². The molecular formula is C16H21N5O2. The minimum Gasteiger partial charge on any atom is -0.377 e. The lowest BCUT2D eigenvalue weighted by Gasteiger charge is -2.39. The van der Waals surface area contributed by atoms with Gasteiger partial charge in [0, 0.05) is 25.9 Å². The Bertz CT molecular complexity index is 729. The number of morpholine rings is 1. The fourth-order valence-electron chi connectivity index (χ4n) is 2.78. The van der Waals surface area contributed by atoms with Crippen LogP contribution in [-0.2, 0) is 11.8 Å². The quantitative estimate of drug-likeness (QED) is 0.844. The number of rotatable bonds is 3. The Kier molecular flexibility index (Phi) is 4.38. The maximum absolute atomic E-state index is 12.4. The summed E-state index contributed by atoms with van der Waals surface area (Å²) in [4.78, 5) is 27.3. The van der Waals surface area contributed by atoms with E-state index in [4.69, 9.17) is 9.72 Å². The second kappa shape index (κ2) is 6.45. The number of ether oxygens (including phenoxy) is 1. The SMILES string of the molecule is CC(C)[C@@H]1COCCN1c1nc(-c2ccncn2)cc(=O)n1C. The molecule has 1 atom stereocenters. The standard InChI is InChI=1S/C16H21N5O2/c1-11(2)14-9-23-7-6-21(14)16-19-13(8-15(22)20(16)3)12-4-5-17-10-18-12/h4-5,8,10-11,14H,6-7,9H2,1-3H3/t14-/m0/s1. The predicted octanol–water partition coefficient (Wildman–Crippen LogP) is 1.10. The topological polar surface area (TPSA) is 73.1 Å². The Morgan fingerprint density at radius 3 is 2.87 bits per heavy atom. The van der Waals surface area contributed by atoms with Crippen LogP contribution in [0.4, 0.5) is 5.95 Å². The predicted molar refractivity (Wildman–Crippen MR) is 87.3 cm³/mol. The fourth-order valence-corrected chi connectivity index (χ4v) is 2.78. The number of nitrogens with zero attached hydrogens (tertiary/aromatic N) is 5. The van der Waals surface area contributed by atoms with Gasteiger partial charge in [0.25, 0.3) is 5.56 Å². The van der Waals surface area contributed by atoms with Crippen LogP contribution in [0.15, 0.2) is 29.5 Å². The first kappa shape index (κ1) is 15.6. The lowest BCUT2D eigenvalue weighted by molar-refractivity contribution is 0.0793. The molecule has 23 heavy (non-hydrogen) atoms. The van der Waals surface area contributed by atoms with E-state index >= 15 is 0 Å². The highest BCUT2D eigenvalue weighted by Crippen LogP contribution is 2.23. The van der Waals surface area contributed by atoms with Crippen molar-refractivity contribution in [3.8, 4) is 11.4 Å². The van der Waals surface area contributed by atoms with Crippen molar-refractivity contribution in [2.75, 3.05) is 24.7 Å². The maximum Gasteiger partial charge on any atom is 0.255 e. The molecule has 0 unspecified atom stereocenters. The first-order chi connectivity index (χ1) is 11.1. The molecule has 1 aliphatic rings. The zero-order valence-electron chi connectivity index (χ0n) is 13.6. The molecule has 3 heterocycles. The van der Waals surface area contributed by atoms with E-state index in [1.54, 1.807) is 23.9 Å². The summed E-state index contributed by atoms with van der Waals surface area (Å²) in [7, 11) is 1.75. The van der Waals surface area contributed by atoms with E-state index in [2.05, 4.69) is 28.7 Å². The molecule has 1 fully saturated rings. The van der Waals surface area contributed by atoms with Gasteiger partial charge in [-0.3, -0.25) is 9.36 Å². The van der Waals surface area contributed by atoms with Gasteiger partial charge >= 0.3 is 0 Å². The zero-order valence-corrected chi connectivity index (χ0v) is 13.6. The van der Waals surface area contributed by atoms with Gasteiger partial charge in [0.2, 0.25) is 5.95 Å². The van der Waals surface area contributed by atoms with Crippen molar-refractivity contribution in [3.63, 3.8) is 0 Å². The number of aromatic nitrogens is 4. The Labute approximate surface area is 135 Å². The van der Waals surface area contributed by atoms with Gasteiger partial charge in [0.1, 0.15) is 6.33 Å². The number of anilines is 1. The summed E-state index contributed by atoms with van der Waals surface area (Å²) < 4.78 is 7.19. The normalized spacial score (nSPS) is 18.4. The molecule has 122 valence electrons. The summed E-state index contributed by atoms with van der Waals surface area (Å²) >= 11 is 0. The number of hydrogen-bond acceptors (Lipinski definition) is 6. The first-order valence-electron chi connectivity index (χ1n) is 7.76. The Morgan fingerprint density at radius 1 is 1.35 bits per heavy atom. The van der Waals surface area contributed by atoms with Gasteiger partial charge in [-0.1, -0.05) is 13.8 Å². The highest BCUT2D eigenvalue weighted by Gasteiger charge is 2.29. The van der Waals surface area contributed by atoms with Crippen LogP contribution >= 0.6 is 0 Å². The minimum atomic E-state index is -0.0994. The molecule has 0 N–H and O–H groups in total. The van der Waals surface area contributed by atoms with Crippen molar-refractivity contribution in [3.05, 3.63) is 35.0 Å². The second-order valence-corrected chi connectivity index (χ2v) is 6.01. The van der Waals surface area contributed by atoms with Crippen LogP contribution in [0, 0.1) is 5.92 Å². The van der Waals surface area contributed by atoms with E-state index in [-0.39, 0.29) is 11.6 Å². The van der Waals surface area contributed by atoms with Crippen molar-refractivity contribution >= 4 is 5.95 Å². The Hall–Kier alpha value is -2.28. The molecule has 7 heteroatoms. The summed E-state index contributed by atoms with van der Waals surface area (Å²) in [5.41, 5.74) is 1.12. The molecule has 7 nitrogen and oxygen atoms in total. The van der Waals surface area contributed by atoms with Crippen molar-refractivity contribution in [2.24, 2.45) is 13.0 Å². The van der Waals surface area contributed by atoms with Crippen LogP contribution < -0.4 is 10.5 Å². The molecular weight excluding hydrogens is 294 g/mol. The van der Waals surface area contributed by atoms with Crippen LogP contribution in [0.5, 0.6) is 0 Å². The molecule has 0 aliphatic carbocycles. The molecule has 2 aromatic heterocycles.